The molecular formula is C14H24ClN3. The standard InChI is InChI=1S/C14H24ClN3/c1-11-13(14(15)18(3)16-11)10-17(2)9-12-7-5-4-6-8-12/h12H,4-10H2,1-3H3. The van der Waals surface area contributed by atoms with E-state index in [9.17, 15) is 0 Å². The second-order valence-corrected chi connectivity index (χ2v) is 6.04. The maximum Gasteiger partial charge on any atom is 0.131 e. The quantitative estimate of drug-likeness (QED) is 0.835. The smallest absolute Gasteiger partial charge is 0.131 e. The SMILES string of the molecule is Cc1nn(C)c(Cl)c1CN(C)CC1CCCCC1. The fraction of sp³-hybridized carbons (Fsp3) is 0.786. The Morgan fingerprint density at radius 3 is 2.56 bits per heavy atom. The molecule has 0 atom stereocenters. The number of rotatable bonds is 4. The van der Waals surface area contributed by atoms with Gasteiger partial charge in [-0.15, -0.1) is 0 Å². The molecule has 0 amide bonds. The van der Waals surface area contributed by atoms with Crippen LogP contribution in [0.1, 0.15) is 43.4 Å². The zero-order chi connectivity index (χ0) is 13.1. The maximum atomic E-state index is 6.27. The Bertz CT molecular complexity index is 394. The van der Waals surface area contributed by atoms with E-state index in [1.54, 1.807) is 4.68 Å². The number of hydrogen-bond donors (Lipinski definition) is 0. The molecule has 1 aromatic heterocycles. The van der Waals surface area contributed by atoms with Gasteiger partial charge in [0, 0.05) is 25.7 Å². The monoisotopic (exact) mass is 269 g/mol. The Labute approximate surface area is 115 Å². The van der Waals surface area contributed by atoms with Crippen LogP contribution in [0.4, 0.5) is 0 Å². The zero-order valence-electron chi connectivity index (χ0n) is 11.7. The number of aromatic nitrogens is 2. The van der Waals surface area contributed by atoms with Gasteiger partial charge >= 0.3 is 0 Å². The first-order valence-electron chi connectivity index (χ1n) is 6.94. The second-order valence-electron chi connectivity index (χ2n) is 5.68. The van der Waals surface area contributed by atoms with Gasteiger partial charge in [-0.25, -0.2) is 0 Å². The van der Waals surface area contributed by atoms with Crippen molar-refractivity contribution in [3.8, 4) is 0 Å². The van der Waals surface area contributed by atoms with E-state index in [0.717, 1.165) is 23.3 Å². The predicted molar refractivity (Wildman–Crippen MR) is 75.9 cm³/mol. The summed E-state index contributed by atoms with van der Waals surface area (Å²) < 4.78 is 1.76. The van der Waals surface area contributed by atoms with Crippen molar-refractivity contribution in [2.75, 3.05) is 13.6 Å². The van der Waals surface area contributed by atoms with E-state index in [-0.39, 0.29) is 0 Å². The molecule has 0 spiro atoms. The normalized spacial score (nSPS) is 17.6. The van der Waals surface area contributed by atoms with Crippen LogP contribution >= 0.6 is 11.6 Å². The van der Waals surface area contributed by atoms with Crippen molar-refractivity contribution in [2.24, 2.45) is 13.0 Å². The molecule has 0 bridgehead atoms. The first kappa shape index (κ1) is 13.9. The van der Waals surface area contributed by atoms with Gasteiger partial charge in [0.2, 0.25) is 0 Å². The van der Waals surface area contributed by atoms with E-state index in [1.807, 2.05) is 14.0 Å². The second kappa shape index (κ2) is 6.07. The van der Waals surface area contributed by atoms with Gasteiger partial charge in [0.05, 0.1) is 5.69 Å². The maximum absolute atomic E-state index is 6.27. The van der Waals surface area contributed by atoms with E-state index < -0.39 is 0 Å². The van der Waals surface area contributed by atoms with Gasteiger partial charge in [-0.05, 0) is 32.7 Å². The molecule has 1 aromatic rings. The molecule has 1 fully saturated rings. The summed E-state index contributed by atoms with van der Waals surface area (Å²) in [6, 6.07) is 0. The lowest BCUT2D eigenvalue weighted by atomic mass is 9.89. The Morgan fingerprint density at radius 2 is 2.00 bits per heavy atom. The topological polar surface area (TPSA) is 21.1 Å². The summed E-state index contributed by atoms with van der Waals surface area (Å²) in [5, 5.41) is 5.15. The average molecular weight is 270 g/mol. The van der Waals surface area contributed by atoms with Gasteiger partial charge < -0.3 is 4.90 Å². The van der Waals surface area contributed by atoms with E-state index in [4.69, 9.17) is 11.6 Å². The van der Waals surface area contributed by atoms with Crippen molar-refractivity contribution < 1.29 is 0 Å². The van der Waals surface area contributed by atoms with Gasteiger partial charge in [0.25, 0.3) is 0 Å². The number of aryl methyl sites for hydroxylation is 2. The molecule has 102 valence electrons. The summed E-state index contributed by atoms with van der Waals surface area (Å²) in [6.45, 7) is 4.13. The van der Waals surface area contributed by atoms with E-state index in [1.165, 1.54) is 44.2 Å². The largest absolute Gasteiger partial charge is 0.302 e. The summed E-state index contributed by atoms with van der Waals surface area (Å²) in [6.07, 6.45) is 7.03. The van der Waals surface area contributed by atoms with Crippen molar-refractivity contribution in [2.45, 2.75) is 45.6 Å². The third-order valence-electron chi connectivity index (χ3n) is 3.99. The first-order valence-corrected chi connectivity index (χ1v) is 7.32. The molecule has 1 heterocycles. The van der Waals surface area contributed by atoms with Crippen LogP contribution in [0.15, 0.2) is 0 Å². The number of nitrogens with zero attached hydrogens (tertiary/aromatic N) is 3. The van der Waals surface area contributed by atoms with Gasteiger partial charge in [-0.3, -0.25) is 4.68 Å². The van der Waals surface area contributed by atoms with Crippen LogP contribution in [0.5, 0.6) is 0 Å². The lowest BCUT2D eigenvalue weighted by Gasteiger charge is -2.26. The molecule has 1 saturated carbocycles. The summed E-state index contributed by atoms with van der Waals surface area (Å²) in [7, 11) is 4.09. The minimum Gasteiger partial charge on any atom is -0.302 e. The van der Waals surface area contributed by atoms with E-state index in [0.29, 0.717) is 0 Å². The van der Waals surface area contributed by atoms with Crippen LogP contribution in [0.25, 0.3) is 0 Å². The summed E-state index contributed by atoms with van der Waals surface area (Å²) in [5.74, 6) is 0.875. The lowest BCUT2D eigenvalue weighted by Crippen LogP contribution is -2.27. The fourth-order valence-corrected chi connectivity index (χ4v) is 3.23. The Morgan fingerprint density at radius 1 is 1.33 bits per heavy atom. The molecule has 0 unspecified atom stereocenters. The molecule has 2 rings (SSSR count). The van der Waals surface area contributed by atoms with Crippen LogP contribution < -0.4 is 0 Å². The molecule has 0 saturated heterocycles. The predicted octanol–water partition coefficient (Wildman–Crippen LogP) is 3.39. The zero-order valence-corrected chi connectivity index (χ0v) is 12.5. The molecule has 1 aliphatic rings. The van der Waals surface area contributed by atoms with E-state index in [2.05, 4.69) is 17.0 Å². The Kier molecular flexibility index (Phi) is 4.68. The van der Waals surface area contributed by atoms with Crippen molar-refractivity contribution in [1.82, 2.24) is 14.7 Å². The number of halogens is 1. The van der Waals surface area contributed by atoms with Crippen molar-refractivity contribution >= 4 is 11.6 Å². The molecule has 3 nitrogen and oxygen atoms in total. The molecule has 18 heavy (non-hydrogen) atoms. The van der Waals surface area contributed by atoms with Crippen molar-refractivity contribution in [3.05, 3.63) is 16.4 Å². The van der Waals surface area contributed by atoms with Gasteiger partial charge in [-0.2, -0.15) is 5.10 Å². The number of hydrogen-bond acceptors (Lipinski definition) is 2. The molecule has 0 aromatic carbocycles. The molecule has 0 N–H and O–H groups in total. The lowest BCUT2D eigenvalue weighted by molar-refractivity contribution is 0.228. The van der Waals surface area contributed by atoms with Gasteiger partial charge in [0.1, 0.15) is 5.15 Å². The van der Waals surface area contributed by atoms with Crippen LogP contribution in [0.2, 0.25) is 5.15 Å². The van der Waals surface area contributed by atoms with Crippen molar-refractivity contribution in [1.29, 1.82) is 0 Å². The highest BCUT2D eigenvalue weighted by molar-refractivity contribution is 6.30. The molecule has 4 heteroatoms. The highest BCUT2D eigenvalue weighted by Gasteiger charge is 2.18. The van der Waals surface area contributed by atoms with Crippen LogP contribution in [-0.4, -0.2) is 28.3 Å². The van der Waals surface area contributed by atoms with Crippen LogP contribution in [-0.2, 0) is 13.6 Å². The molecule has 0 aliphatic heterocycles. The van der Waals surface area contributed by atoms with Crippen LogP contribution in [0, 0.1) is 12.8 Å². The fourth-order valence-electron chi connectivity index (χ4n) is 3.00. The third-order valence-corrected chi connectivity index (χ3v) is 4.47. The summed E-state index contributed by atoms with van der Waals surface area (Å²) in [5.41, 5.74) is 2.23. The highest BCUT2D eigenvalue weighted by atomic mass is 35.5. The van der Waals surface area contributed by atoms with Crippen LogP contribution in [0.3, 0.4) is 0 Å². The average Bonchev–Trinajstić information content (AvgIpc) is 2.57. The molecule has 0 radical (unpaired) electrons. The Hall–Kier alpha value is -0.540. The highest BCUT2D eigenvalue weighted by Crippen LogP contribution is 2.25. The summed E-state index contributed by atoms with van der Waals surface area (Å²) in [4.78, 5) is 2.39. The van der Waals surface area contributed by atoms with Crippen molar-refractivity contribution in [3.63, 3.8) is 0 Å². The first-order chi connectivity index (χ1) is 8.58. The van der Waals surface area contributed by atoms with E-state index >= 15 is 0 Å². The molecule has 1 aliphatic carbocycles. The molecular weight excluding hydrogens is 246 g/mol. The van der Waals surface area contributed by atoms with Gasteiger partial charge in [-0.1, -0.05) is 30.9 Å². The minimum absolute atomic E-state index is 0.781. The Balaban J connectivity index is 1.91. The van der Waals surface area contributed by atoms with Gasteiger partial charge in [0.15, 0.2) is 0 Å². The minimum atomic E-state index is 0.781. The summed E-state index contributed by atoms with van der Waals surface area (Å²) >= 11 is 6.27. The third kappa shape index (κ3) is 3.27.